The van der Waals surface area contributed by atoms with Crippen LogP contribution in [0.5, 0.6) is 0 Å². The lowest BCUT2D eigenvalue weighted by atomic mass is 10.2. The van der Waals surface area contributed by atoms with E-state index in [4.69, 9.17) is 9.84 Å². The molecule has 1 N–H and O–H groups in total. The molecule has 104 valence electrons. The van der Waals surface area contributed by atoms with E-state index in [9.17, 15) is 4.79 Å². The minimum absolute atomic E-state index is 0.262. The van der Waals surface area contributed by atoms with Crippen LogP contribution in [0.4, 0.5) is 0 Å². The van der Waals surface area contributed by atoms with E-state index in [0.29, 0.717) is 5.56 Å². The first-order chi connectivity index (χ1) is 9.19. The Hall–Kier alpha value is -1.04. The average molecular weight is 281 g/mol. The number of aromatic carboxylic acids is 1. The SMILES string of the molecule is CCN1CCOC(CSc2ccc(C(=O)O)cc2)C1. The Kier molecular flexibility index (Phi) is 5.24. The number of carboxylic acids is 1. The average Bonchev–Trinajstić information content (AvgIpc) is 2.46. The van der Waals surface area contributed by atoms with E-state index in [1.165, 1.54) is 0 Å². The fraction of sp³-hybridized carbons (Fsp3) is 0.500. The molecule has 1 aromatic carbocycles. The van der Waals surface area contributed by atoms with Gasteiger partial charge in [-0.15, -0.1) is 11.8 Å². The summed E-state index contributed by atoms with van der Waals surface area (Å²) in [6, 6.07) is 7.00. The molecule has 0 saturated carbocycles. The van der Waals surface area contributed by atoms with Crippen LogP contribution in [0.25, 0.3) is 0 Å². The Bertz CT molecular complexity index is 421. The van der Waals surface area contributed by atoms with Crippen molar-refractivity contribution in [3.8, 4) is 0 Å². The molecule has 4 nitrogen and oxygen atoms in total. The number of benzene rings is 1. The van der Waals surface area contributed by atoms with Crippen LogP contribution < -0.4 is 0 Å². The highest BCUT2D eigenvalue weighted by Gasteiger charge is 2.19. The van der Waals surface area contributed by atoms with E-state index < -0.39 is 5.97 Å². The second-order valence-electron chi connectivity index (χ2n) is 4.53. The fourth-order valence-corrected chi connectivity index (χ4v) is 2.96. The number of nitrogens with zero attached hydrogens (tertiary/aromatic N) is 1. The highest BCUT2D eigenvalue weighted by Crippen LogP contribution is 2.21. The lowest BCUT2D eigenvalue weighted by molar-refractivity contribution is -0.0137. The lowest BCUT2D eigenvalue weighted by Gasteiger charge is -2.31. The number of morpholine rings is 1. The summed E-state index contributed by atoms with van der Waals surface area (Å²) in [7, 11) is 0. The Labute approximate surface area is 117 Å². The van der Waals surface area contributed by atoms with Gasteiger partial charge in [-0.05, 0) is 30.8 Å². The molecule has 19 heavy (non-hydrogen) atoms. The number of ether oxygens (including phenoxy) is 1. The summed E-state index contributed by atoms with van der Waals surface area (Å²) < 4.78 is 5.74. The number of hydrogen-bond acceptors (Lipinski definition) is 4. The summed E-state index contributed by atoms with van der Waals surface area (Å²) >= 11 is 1.72. The smallest absolute Gasteiger partial charge is 0.335 e. The van der Waals surface area contributed by atoms with Crippen LogP contribution in [-0.4, -0.2) is 54.1 Å². The Balaban J connectivity index is 1.83. The van der Waals surface area contributed by atoms with Crippen LogP contribution in [0.3, 0.4) is 0 Å². The fourth-order valence-electron chi connectivity index (χ4n) is 2.05. The molecule has 5 heteroatoms. The van der Waals surface area contributed by atoms with Gasteiger partial charge in [0.05, 0.1) is 18.3 Å². The molecule has 0 spiro atoms. The third-order valence-electron chi connectivity index (χ3n) is 3.21. The van der Waals surface area contributed by atoms with Gasteiger partial charge in [0.1, 0.15) is 0 Å². The molecule has 0 aromatic heterocycles. The number of carbonyl (C=O) groups is 1. The molecule has 1 fully saturated rings. The summed E-state index contributed by atoms with van der Waals surface area (Å²) in [6.45, 7) is 6.04. The van der Waals surface area contributed by atoms with Gasteiger partial charge in [-0.1, -0.05) is 6.92 Å². The highest BCUT2D eigenvalue weighted by atomic mass is 32.2. The molecule has 0 bridgehead atoms. The third-order valence-corrected chi connectivity index (χ3v) is 4.35. The molecular weight excluding hydrogens is 262 g/mol. The number of hydrogen-bond donors (Lipinski definition) is 1. The van der Waals surface area contributed by atoms with E-state index in [2.05, 4.69) is 11.8 Å². The quantitative estimate of drug-likeness (QED) is 0.839. The van der Waals surface area contributed by atoms with Crippen molar-refractivity contribution in [1.29, 1.82) is 0 Å². The molecular formula is C14H19NO3S. The van der Waals surface area contributed by atoms with Gasteiger partial charge in [0.15, 0.2) is 0 Å². The summed E-state index contributed by atoms with van der Waals surface area (Å²) in [5.74, 6) is 0.0221. The van der Waals surface area contributed by atoms with Crippen LogP contribution in [-0.2, 0) is 4.74 Å². The van der Waals surface area contributed by atoms with E-state index in [1.54, 1.807) is 23.9 Å². The maximum atomic E-state index is 10.8. The van der Waals surface area contributed by atoms with Crippen molar-refractivity contribution in [2.24, 2.45) is 0 Å². The van der Waals surface area contributed by atoms with Gasteiger partial charge >= 0.3 is 5.97 Å². The first-order valence-corrected chi connectivity index (χ1v) is 7.47. The van der Waals surface area contributed by atoms with Gasteiger partial charge in [0, 0.05) is 23.7 Å². The molecule has 0 aliphatic carbocycles. The summed E-state index contributed by atoms with van der Waals surface area (Å²) in [6.07, 6.45) is 0.262. The number of carboxylic acid groups (broad SMARTS) is 1. The molecule has 1 aromatic rings. The minimum atomic E-state index is -0.884. The minimum Gasteiger partial charge on any atom is -0.478 e. The van der Waals surface area contributed by atoms with Crippen molar-refractivity contribution in [3.63, 3.8) is 0 Å². The molecule has 0 amide bonds. The summed E-state index contributed by atoms with van der Waals surface area (Å²) in [5.41, 5.74) is 0.329. The molecule has 1 heterocycles. The van der Waals surface area contributed by atoms with Gasteiger partial charge in [-0.3, -0.25) is 4.90 Å². The van der Waals surface area contributed by atoms with Gasteiger partial charge in [0.2, 0.25) is 0 Å². The van der Waals surface area contributed by atoms with Gasteiger partial charge in [-0.25, -0.2) is 4.79 Å². The van der Waals surface area contributed by atoms with E-state index >= 15 is 0 Å². The summed E-state index contributed by atoms with van der Waals surface area (Å²) in [4.78, 5) is 14.2. The standard InChI is InChI=1S/C14H19NO3S/c1-2-15-7-8-18-12(9-15)10-19-13-5-3-11(4-6-13)14(16)17/h3-6,12H,2,7-10H2,1H3,(H,16,17). The first-order valence-electron chi connectivity index (χ1n) is 6.49. The van der Waals surface area contributed by atoms with E-state index in [0.717, 1.165) is 36.9 Å². The van der Waals surface area contributed by atoms with Gasteiger partial charge < -0.3 is 9.84 Å². The first kappa shape index (κ1) is 14.4. The van der Waals surface area contributed by atoms with Crippen molar-refractivity contribution in [3.05, 3.63) is 29.8 Å². The van der Waals surface area contributed by atoms with E-state index in [-0.39, 0.29) is 6.10 Å². The maximum Gasteiger partial charge on any atom is 0.335 e. The molecule has 1 unspecified atom stereocenters. The van der Waals surface area contributed by atoms with E-state index in [1.807, 2.05) is 12.1 Å². The van der Waals surface area contributed by atoms with Crippen molar-refractivity contribution >= 4 is 17.7 Å². The molecule has 0 radical (unpaired) electrons. The van der Waals surface area contributed by atoms with Crippen molar-refractivity contribution in [2.45, 2.75) is 17.9 Å². The number of thioether (sulfide) groups is 1. The normalized spacial score (nSPS) is 20.4. The third kappa shape index (κ3) is 4.23. The molecule has 1 saturated heterocycles. The number of likely N-dealkylation sites (N-methyl/N-ethyl adjacent to an activating group) is 1. The Morgan fingerprint density at radius 1 is 1.47 bits per heavy atom. The molecule has 2 rings (SSSR count). The van der Waals surface area contributed by atoms with Crippen molar-refractivity contribution < 1.29 is 14.6 Å². The Morgan fingerprint density at radius 2 is 2.21 bits per heavy atom. The summed E-state index contributed by atoms with van der Waals surface area (Å²) in [5, 5.41) is 8.83. The second-order valence-corrected chi connectivity index (χ2v) is 5.62. The molecule has 1 atom stereocenters. The topological polar surface area (TPSA) is 49.8 Å². The Morgan fingerprint density at radius 3 is 2.84 bits per heavy atom. The van der Waals surface area contributed by atoms with Crippen LogP contribution in [0.1, 0.15) is 17.3 Å². The molecule has 1 aliphatic rings. The zero-order chi connectivity index (χ0) is 13.7. The van der Waals surface area contributed by atoms with Crippen LogP contribution in [0, 0.1) is 0 Å². The van der Waals surface area contributed by atoms with Crippen LogP contribution >= 0.6 is 11.8 Å². The predicted molar refractivity (Wildman–Crippen MR) is 76.0 cm³/mol. The van der Waals surface area contributed by atoms with Crippen LogP contribution in [0.2, 0.25) is 0 Å². The zero-order valence-electron chi connectivity index (χ0n) is 11.0. The van der Waals surface area contributed by atoms with Crippen LogP contribution in [0.15, 0.2) is 29.2 Å². The zero-order valence-corrected chi connectivity index (χ0v) is 11.9. The second kappa shape index (κ2) is 6.93. The maximum absolute atomic E-state index is 10.8. The predicted octanol–water partition coefficient (Wildman–Crippen LogP) is 2.20. The molecule has 1 aliphatic heterocycles. The van der Waals surface area contributed by atoms with Crippen molar-refractivity contribution in [1.82, 2.24) is 4.90 Å². The van der Waals surface area contributed by atoms with Crippen molar-refractivity contribution in [2.75, 3.05) is 32.0 Å². The largest absolute Gasteiger partial charge is 0.478 e. The monoisotopic (exact) mass is 281 g/mol. The highest BCUT2D eigenvalue weighted by molar-refractivity contribution is 7.99. The van der Waals surface area contributed by atoms with Gasteiger partial charge in [0.25, 0.3) is 0 Å². The lowest BCUT2D eigenvalue weighted by Crippen LogP contribution is -2.43. The van der Waals surface area contributed by atoms with Gasteiger partial charge in [-0.2, -0.15) is 0 Å². The number of rotatable bonds is 5.